The van der Waals surface area contributed by atoms with Crippen LogP contribution in [0.25, 0.3) is 0 Å². The summed E-state index contributed by atoms with van der Waals surface area (Å²) in [5.41, 5.74) is 5.80. The van der Waals surface area contributed by atoms with E-state index in [1.807, 2.05) is 0 Å². The predicted octanol–water partition coefficient (Wildman–Crippen LogP) is 4.45. The van der Waals surface area contributed by atoms with E-state index < -0.39 is 0 Å². The fourth-order valence-corrected chi connectivity index (χ4v) is 3.57. The largest absolute Gasteiger partial charge is 0.380 e. The van der Waals surface area contributed by atoms with Crippen molar-refractivity contribution in [1.29, 1.82) is 0 Å². The zero-order valence-corrected chi connectivity index (χ0v) is 13.3. The van der Waals surface area contributed by atoms with Crippen LogP contribution in [-0.2, 0) is 12.8 Å². The Morgan fingerprint density at radius 2 is 1.20 bits per heavy atom. The molecule has 0 aliphatic carbocycles. The zero-order chi connectivity index (χ0) is 14.3. The summed E-state index contributed by atoms with van der Waals surface area (Å²) in [6.45, 7) is 9.29. The molecule has 2 heterocycles. The summed E-state index contributed by atoms with van der Waals surface area (Å²) in [5.74, 6) is 1.40. The highest BCUT2D eigenvalue weighted by atomic mass is 15.0. The average molecular weight is 272 g/mol. The van der Waals surface area contributed by atoms with Gasteiger partial charge in [-0.2, -0.15) is 0 Å². The molecule has 0 spiro atoms. The van der Waals surface area contributed by atoms with Crippen molar-refractivity contribution in [3.05, 3.63) is 23.3 Å². The van der Waals surface area contributed by atoms with Crippen molar-refractivity contribution in [3.8, 4) is 0 Å². The van der Waals surface area contributed by atoms with E-state index in [-0.39, 0.29) is 0 Å². The highest BCUT2D eigenvalue weighted by Gasteiger charge is 2.27. The Morgan fingerprint density at radius 1 is 0.800 bits per heavy atom. The fourth-order valence-electron chi connectivity index (χ4n) is 3.57. The van der Waals surface area contributed by atoms with Gasteiger partial charge in [-0.15, -0.1) is 0 Å². The number of nitrogens with one attached hydrogen (secondary N) is 2. The Balaban J connectivity index is 1.94. The molecule has 0 aromatic heterocycles. The summed E-state index contributed by atoms with van der Waals surface area (Å²) in [6.07, 6.45) is 4.95. The molecule has 2 aliphatic rings. The first-order chi connectivity index (χ1) is 9.56. The quantitative estimate of drug-likeness (QED) is 0.831. The SMILES string of the molecule is CC(C)[C@@H]1CCc2ccc3c(c2N1)N[C@H](C(C)C)CC3. The van der Waals surface area contributed by atoms with Gasteiger partial charge in [-0.1, -0.05) is 39.8 Å². The minimum atomic E-state index is 0.621. The predicted molar refractivity (Wildman–Crippen MR) is 87.6 cm³/mol. The number of benzene rings is 1. The standard InChI is InChI=1S/C18H28N2/c1-11(2)15-9-7-13-5-6-14-8-10-16(12(3)4)20-18(14)17(13)19-15/h5-6,11-12,15-16,19-20H,7-10H2,1-4H3/t15-,16-/m0/s1. The number of hydrogen-bond donors (Lipinski definition) is 2. The van der Waals surface area contributed by atoms with E-state index in [1.54, 1.807) is 0 Å². The molecule has 1 aromatic carbocycles. The maximum atomic E-state index is 3.82. The van der Waals surface area contributed by atoms with Crippen LogP contribution in [0.4, 0.5) is 11.4 Å². The molecule has 0 unspecified atom stereocenters. The topological polar surface area (TPSA) is 24.1 Å². The normalized spacial score (nSPS) is 24.9. The molecule has 0 radical (unpaired) electrons. The van der Waals surface area contributed by atoms with E-state index in [0.717, 1.165) is 0 Å². The van der Waals surface area contributed by atoms with Crippen molar-refractivity contribution in [1.82, 2.24) is 0 Å². The third-order valence-corrected chi connectivity index (χ3v) is 5.10. The molecular weight excluding hydrogens is 244 g/mol. The van der Waals surface area contributed by atoms with Crippen LogP contribution in [0.1, 0.15) is 51.7 Å². The first-order valence-corrected chi connectivity index (χ1v) is 8.24. The Bertz CT molecular complexity index is 445. The summed E-state index contributed by atoms with van der Waals surface area (Å²) in [4.78, 5) is 0. The highest BCUT2D eigenvalue weighted by Crippen LogP contribution is 2.40. The molecule has 1 aromatic rings. The first-order valence-electron chi connectivity index (χ1n) is 8.24. The Labute approximate surface area is 123 Å². The van der Waals surface area contributed by atoms with Gasteiger partial charge in [0.1, 0.15) is 0 Å². The highest BCUT2D eigenvalue weighted by molar-refractivity contribution is 5.78. The van der Waals surface area contributed by atoms with E-state index >= 15 is 0 Å². The molecule has 0 saturated heterocycles. The maximum absolute atomic E-state index is 3.82. The van der Waals surface area contributed by atoms with Gasteiger partial charge in [0.05, 0.1) is 11.4 Å². The molecule has 2 atom stereocenters. The summed E-state index contributed by atoms with van der Waals surface area (Å²) >= 11 is 0. The molecule has 3 rings (SSSR count). The maximum Gasteiger partial charge on any atom is 0.0613 e. The molecule has 20 heavy (non-hydrogen) atoms. The molecule has 0 fully saturated rings. The Kier molecular flexibility index (Phi) is 3.66. The Hall–Kier alpha value is -1.18. The number of hydrogen-bond acceptors (Lipinski definition) is 2. The van der Waals surface area contributed by atoms with Crippen molar-refractivity contribution >= 4 is 11.4 Å². The molecule has 0 amide bonds. The lowest BCUT2D eigenvalue weighted by molar-refractivity contribution is 0.474. The van der Waals surface area contributed by atoms with Gasteiger partial charge in [-0.05, 0) is 48.6 Å². The summed E-state index contributed by atoms with van der Waals surface area (Å²) in [7, 11) is 0. The van der Waals surface area contributed by atoms with Crippen molar-refractivity contribution < 1.29 is 0 Å². The summed E-state index contributed by atoms with van der Waals surface area (Å²) in [6, 6.07) is 5.93. The van der Waals surface area contributed by atoms with Crippen molar-refractivity contribution in [3.63, 3.8) is 0 Å². The number of rotatable bonds is 2. The third kappa shape index (κ3) is 2.41. The molecule has 110 valence electrons. The van der Waals surface area contributed by atoms with Gasteiger partial charge in [-0.3, -0.25) is 0 Å². The lowest BCUT2D eigenvalue weighted by Gasteiger charge is -2.36. The molecule has 2 nitrogen and oxygen atoms in total. The number of aryl methyl sites for hydroxylation is 2. The molecule has 0 bridgehead atoms. The van der Waals surface area contributed by atoms with Gasteiger partial charge >= 0.3 is 0 Å². The van der Waals surface area contributed by atoms with Crippen LogP contribution in [0, 0.1) is 11.8 Å². The van der Waals surface area contributed by atoms with Crippen LogP contribution < -0.4 is 10.6 Å². The summed E-state index contributed by atoms with van der Waals surface area (Å²) < 4.78 is 0. The van der Waals surface area contributed by atoms with Gasteiger partial charge in [-0.25, -0.2) is 0 Å². The zero-order valence-electron chi connectivity index (χ0n) is 13.3. The van der Waals surface area contributed by atoms with E-state index in [1.165, 1.54) is 48.2 Å². The van der Waals surface area contributed by atoms with Crippen LogP contribution >= 0.6 is 0 Å². The minimum Gasteiger partial charge on any atom is -0.380 e. The van der Waals surface area contributed by atoms with Crippen molar-refractivity contribution in [2.75, 3.05) is 10.6 Å². The van der Waals surface area contributed by atoms with Crippen LogP contribution in [0.15, 0.2) is 12.1 Å². The third-order valence-electron chi connectivity index (χ3n) is 5.10. The smallest absolute Gasteiger partial charge is 0.0613 e. The van der Waals surface area contributed by atoms with Crippen molar-refractivity contribution in [2.45, 2.75) is 65.5 Å². The van der Waals surface area contributed by atoms with Crippen LogP contribution in [0.5, 0.6) is 0 Å². The lowest BCUT2D eigenvalue weighted by Crippen LogP contribution is -2.34. The van der Waals surface area contributed by atoms with E-state index in [4.69, 9.17) is 0 Å². The van der Waals surface area contributed by atoms with Gasteiger partial charge in [0.2, 0.25) is 0 Å². The fraction of sp³-hybridized carbons (Fsp3) is 0.667. The lowest BCUT2D eigenvalue weighted by atomic mass is 9.86. The first kappa shape index (κ1) is 13.8. The van der Waals surface area contributed by atoms with Gasteiger partial charge in [0, 0.05) is 12.1 Å². The molecule has 0 saturated carbocycles. The molecular formula is C18H28N2. The van der Waals surface area contributed by atoms with Crippen LogP contribution in [-0.4, -0.2) is 12.1 Å². The molecule has 2 aliphatic heterocycles. The van der Waals surface area contributed by atoms with Gasteiger partial charge < -0.3 is 10.6 Å². The average Bonchev–Trinajstić information content (AvgIpc) is 2.45. The Morgan fingerprint density at radius 3 is 1.55 bits per heavy atom. The van der Waals surface area contributed by atoms with Crippen LogP contribution in [0.3, 0.4) is 0 Å². The van der Waals surface area contributed by atoms with Gasteiger partial charge in [0.15, 0.2) is 0 Å². The van der Waals surface area contributed by atoms with Crippen molar-refractivity contribution in [2.24, 2.45) is 11.8 Å². The second-order valence-corrected chi connectivity index (χ2v) is 7.20. The van der Waals surface area contributed by atoms with E-state index in [2.05, 4.69) is 50.5 Å². The second kappa shape index (κ2) is 5.31. The van der Waals surface area contributed by atoms with Gasteiger partial charge in [0.25, 0.3) is 0 Å². The summed E-state index contributed by atoms with van der Waals surface area (Å²) in [5, 5.41) is 7.64. The monoisotopic (exact) mass is 272 g/mol. The van der Waals surface area contributed by atoms with E-state index in [0.29, 0.717) is 23.9 Å². The van der Waals surface area contributed by atoms with E-state index in [9.17, 15) is 0 Å². The molecule has 2 heteroatoms. The van der Waals surface area contributed by atoms with Crippen LogP contribution in [0.2, 0.25) is 0 Å². The second-order valence-electron chi connectivity index (χ2n) is 7.20. The minimum absolute atomic E-state index is 0.621. The molecule has 2 N–H and O–H groups in total. The number of anilines is 2. The number of fused-ring (bicyclic) bond motifs is 3.